The zero-order valence-corrected chi connectivity index (χ0v) is 10.8. The fourth-order valence-electron chi connectivity index (χ4n) is 1.81. The van der Waals surface area contributed by atoms with Gasteiger partial charge >= 0.3 is 0 Å². The van der Waals surface area contributed by atoms with E-state index >= 15 is 0 Å². The average Bonchev–Trinajstić information content (AvgIpc) is 2.87. The second kappa shape index (κ2) is 5.47. The minimum Gasteiger partial charge on any atom is -0.373 e. The molecule has 0 spiro atoms. The largest absolute Gasteiger partial charge is 0.373 e. The SMILES string of the molecule is CCCc1nccn1-c1cc([N+](=O)[O-])cc(NC)n1. The number of nitro groups is 1. The topological polar surface area (TPSA) is 85.9 Å². The third kappa shape index (κ3) is 2.70. The van der Waals surface area contributed by atoms with Crippen LogP contribution in [0.1, 0.15) is 19.2 Å². The van der Waals surface area contributed by atoms with E-state index in [0.29, 0.717) is 11.6 Å². The second-order valence-corrected chi connectivity index (χ2v) is 4.04. The molecule has 2 rings (SSSR count). The van der Waals surface area contributed by atoms with E-state index in [4.69, 9.17) is 0 Å². The normalized spacial score (nSPS) is 10.4. The maximum atomic E-state index is 10.9. The predicted octanol–water partition coefficient (Wildman–Crippen LogP) is 2.17. The number of hydrogen-bond donors (Lipinski definition) is 1. The molecule has 7 heteroatoms. The number of aromatic nitrogens is 3. The van der Waals surface area contributed by atoms with E-state index in [1.807, 2.05) is 0 Å². The van der Waals surface area contributed by atoms with E-state index in [0.717, 1.165) is 18.7 Å². The van der Waals surface area contributed by atoms with Crippen LogP contribution in [0.4, 0.5) is 11.5 Å². The van der Waals surface area contributed by atoms with Crippen LogP contribution in [0.25, 0.3) is 5.82 Å². The Morgan fingerprint density at radius 1 is 1.47 bits per heavy atom. The van der Waals surface area contributed by atoms with Crippen molar-refractivity contribution in [1.82, 2.24) is 14.5 Å². The Balaban J connectivity index is 2.51. The first kappa shape index (κ1) is 13.0. The maximum Gasteiger partial charge on any atom is 0.276 e. The van der Waals surface area contributed by atoms with E-state index in [2.05, 4.69) is 22.2 Å². The van der Waals surface area contributed by atoms with Crippen LogP contribution in [0.5, 0.6) is 0 Å². The Hall–Kier alpha value is -2.44. The third-order valence-corrected chi connectivity index (χ3v) is 2.70. The quantitative estimate of drug-likeness (QED) is 0.658. The van der Waals surface area contributed by atoms with Crippen molar-refractivity contribution in [2.75, 3.05) is 12.4 Å². The molecule has 0 aromatic carbocycles. The summed E-state index contributed by atoms with van der Waals surface area (Å²) in [6.07, 6.45) is 5.18. The number of nitrogens with one attached hydrogen (secondary N) is 1. The van der Waals surface area contributed by atoms with E-state index < -0.39 is 4.92 Å². The van der Waals surface area contributed by atoms with Crippen molar-refractivity contribution in [2.24, 2.45) is 0 Å². The predicted molar refractivity (Wildman–Crippen MR) is 71.6 cm³/mol. The highest BCUT2D eigenvalue weighted by molar-refractivity contribution is 5.50. The first-order valence-corrected chi connectivity index (χ1v) is 6.02. The average molecular weight is 261 g/mol. The molecular weight excluding hydrogens is 246 g/mol. The monoisotopic (exact) mass is 261 g/mol. The van der Waals surface area contributed by atoms with Crippen molar-refractivity contribution in [1.29, 1.82) is 0 Å². The van der Waals surface area contributed by atoms with Crippen LogP contribution in [-0.2, 0) is 6.42 Å². The molecule has 0 aliphatic rings. The summed E-state index contributed by atoms with van der Waals surface area (Å²) in [7, 11) is 1.68. The van der Waals surface area contributed by atoms with E-state index in [-0.39, 0.29) is 5.69 Å². The summed E-state index contributed by atoms with van der Waals surface area (Å²) >= 11 is 0. The van der Waals surface area contributed by atoms with Crippen molar-refractivity contribution in [3.63, 3.8) is 0 Å². The lowest BCUT2D eigenvalue weighted by atomic mass is 10.3. The molecule has 100 valence electrons. The Morgan fingerprint density at radius 3 is 2.89 bits per heavy atom. The zero-order chi connectivity index (χ0) is 13.8. The first-order chi connectivity index (χ1) is 9.15. The molecule has 0 unspecified atom stereocenters. The standard InChI is InChI=1S/C12H15N5O2/c1-3-4-11-14-5-6-16(11)12-8-9(17(18)19)7-10(13-2)15-12/h5-8H,3-4H2,1-2H3,(H,13,15). The van der Waals surface area contributed by atoms with Crippen LogP contribution in [0.2, 0.25) is 0 Å². The van der Waals surface area contributed by atoms with Gasteiger partial charge in [-0.3, -0.25) is 14.7 Å². The van der Waals surface area contributed by atoms with Crippen molar-refractivity contribution in [2.45, 2.75) is 19.8 Å². The molecule has 0 bridgehead atoms. The van der Waals surface area contributed by atoms with Crippen LogP contribution in [0, 0.1) is 10.1 Å². The van der Waals surface area contributed by atoms with Gasteiger partial charge in [-0.15, -0.1) is 0 Å². The fraction of sp³-hybridized carbons (Fsp3) is 0.333. The number of pyridine rings is 1. The van der Waals surface area contributed by atoms with Gasteiger partial charge in [0.1, 0.15) is 17.5 Å². The molecule has 1 N–H and O–H groups in total. The molecule has 2 heterocycles. The molecule has 0 amide bonds. The van der Waals surface area contributed by atoms with E-state index in [1.54, 1.807) is 24.0 Å². The summed E-state index contributed by atoms with van der Waals surface area (Å²) < 4.78 is 1.78. The second-order valence-electron chi connectivity index (χ2n) is 4.04. The van der Waals surface area contributed by atoms with Gasteiger partial charge in [0, 0.05) is 25.9 Å². The Labute approximate surface area is 110 Å². The maximum absolute atomic E-state index is 10.9. The smallest absolute Gasteiger partial charge is 0.276 e. The van der Waals surface area contributed by atoms with Gasteiger partial charge in [-0.1, -0.05) is 6.92 Å². The molecule has 2 aromatic heterocycles. The lowest BCUT2D eigenvalue weighted by molar-refractivity contribution is -0.384. The number of nitrogens with zero attached hydrogens (tertiary/aromatic N) is 4. The molecule has 7 nitrogen and oxygen atoms in total. The molecule has 0 fully saturated rings. The Bertz CT molecular complexity index is 594. The van der Waals surface area contributed by atoms with Crippen LogP contribution in [0.3, 0.4) is 0 Å². The van der Waals surface area contributed by atoms with Gasteiger partial charge in [0.05, 0.1) is 17.1 Å². The number of hydrogen-bond acceptors (Lipinski definition) is 5. The fourth-order valence-corrected chi connectivity index (χ4v) is 1.81. The highest BCUT2D eigenvalue weighted by Crippen LogP contribution is 2.20. The van der Waals surface area contributed by atoms with Crippen molar-refractivity contribution >= 4 is 11.5 Å². The highest BCUT2D eigenvalue weighted by Gasteiger charge is 2.13. The number of aryl methyl sites for hydroxylation is 1. The van der Waals surface area contributed by atoms with Crippen LogP contribution < -0.4 is 5.32 Å². The molecule has 0 aliphatic heterocycles. The summed E-state index contributed by atoms with van der Waals surface area (Å²) in [4.78, 5) is 19.1. The summed E-state index contributed by atoms with van der Waals surface area (Å²) in [5.74, 6) is 1.80. The Kier molecular flexibility index (Phi) is 3.74. The van der Waals surface area contributed by atoms with Crippen LogP contribution in [0.15, 0.2) is 24.5 Å². The van der Waals surface area contributed by atoms with E-state index in [1.165, 1.54) is 12.1 Å². The summed E-state index contributed by atoms with van der Waals surface area (Å²) in [5, 5.41) is 13.8. The van der Waals surface area contributed by atoms with Gasteiger partial charge in [0.25, 0.3) is 5.69 Å². The molecule has 0 radical (unpaired) electrons. The van der Waals surface area contributed by atoms with Crippen molar-refractivity contribution < 1.29 is 4.92 Å². The minimum absolute atomic E-state index is 0.00509. The van der Waals surface area contributed by atoms with Crippen molar-refractivity contribution in [3.05, 3.63) is 40.5 Å². The summed E-state index contributed by atoms with van der Waals surface area (Å²) in [6, 6.07) is 2.85. The van der Waals surface area contributed by atoms with E-state index in [9.17, 15) is 10.1 Å². The molecule has 2 aromatic rings. The molecule has 0 saturated heterocycles. The third-order valence-electron chi connectivity index (χ3n) is 2.70. The van der Waals surface area contributed by atoms with Gasteiger partial charge in [-0.05, 0) is 6.42 Å². The summed E-state index contributed by atoms with van der Waals surface area (Å²) in [6.45, 7) is 2.05. The highest BCUT2D eigenvalue weighted by atomic mass is 16.6. The number of rotatable bonds is 5. The van der Waals surface area contributed by atoms with Gasteiger partial charge < -0.3 is 5.32 Å². The van der Waals surface area contributed by atoms with Crippen molar-refractivity contribution in [3.8, 4) is 5.82 Å². The molecule has 19 heavy (non-hydrogen) atoms. The molecule has 0 atom stereocenters. The summed E-state index contributed by atoms with van der Waals surface area (Å²) in [5.41, 5.74) is 0.00509. The van der Waals surface area contributed by atoms with Gasteiger partial charge in [-0.2, -0.15) is 0 Å². The molecule has 0 saturated carbocycles. The van der Waals surface area contributed by atoms with Gasteiger partial charge in [0.2, 0.25) is 0 Å². The zero-order valence-electron chi connectivity index (χ0n) is 10.8. The minimum atomic E-state index is -0.428. The van der Waals surface area contributed by atoms with Gasteiger partial charge in [0.15, 0.2) is 0 Å². The molecule has 0 aliphatic carbocycles. The lowest BCUT2D eigenvalue weighted by Crippen LogP contribution is -2.05. The molecular formula is C12H15N5O2. The lowest BCUT2D eigenvalue weighted by Gasteiger charge is -2.08. The van der Waals surface area contributed by atoms with Crippen LogP contribution in [-0.4, -0.2) is 26.5 Å². The van der Waals surface area contributed by atoms with Gasteiger partial charge in [-0.25, -0.2) is 9.97 Å². The Morgan fingerprint density at radius 2 is 2.26 bits per heavy atom. The first-order valence-electron chi connectivity index (χ1n) is 6.02. The number of imidazole rings is 1. The van der Waals surface area contributed by atoms with Crippen LogP contribution >= 0.6 is 0 Å². The number of anilines is 1.